The highest BCUT2D eigenvalue weighted by molar-refractivity contribution is 6.31. The van der Waals surface area contributed by atoms with E-state index in [1.807, 2.05) is 36.4 Å². The summed E-state index contributed by atoms with van der Waals surface area (Å²) >= 11 is 6.10. The number of halogens is 1. The molecule has 0 aliphatic carbocycles. The lowest BCUT2D eigenvalue weighted by atomic mass is 10.1. The summed E-state index contributed by atoms with van der Waals surface area (Å²) in [6.45, 7) is 0.967. The Labute approximate surface area is 107 Å². The molecule has 0 atom stereocenters. The molecule has 0 radical (unpaired) electrons. The van der Waals surface area contributed by atoms with E-state index in [0.29, 0.717) is 0 Å². The van der Waals surface area contributed by atoms with Crippen LogP contribution in [0.5, 0.6) is 0 Å². The predicted octanol–water partition coefficient (Wildman–Crippen LogP) is 4.38. The summed E-state index contributed by atoms with van der Waals surface area (Å²) in [5.41, 5.74) is 2.40. The Morgan fingerprint density at radius 3 is 2.35 bits per heavy atom. The van der Waals surface area contributed by atoms with Gasteiger partial charge in [0.15, 0.2) is 0 Å². The first-order valence-corrected chi connectivity index (χ1v) is 6.26. The highest BCUT2D eigenvalue weighted by Crippen LogP contribution is 2.16. The monoisotopic (exact) mass is 245 g/mol. The molecule has 0 saturated heterocycles. The molecular formula is C15H16ClN. The van der Waals surface area contributed by atoms with Crippen molar-refractivity contribution >= 4 is 17.3 Å². The Hall–Kier alpha value is -1.47. The molecule has 2 rings (SSSR count). The molecule has 0 spiro atoms. The maximum atomic E-state index is 6.10. The van der Waals surface area contributed by atoms with E-state index in [4.69, 9.17) is 11.6 Å². The van der Waals surface area contributed by atoms with Gasteiger partial charge in [0, 0.05) is 17.3 Å². The number of hydrogen-bond acceptors (Lipinski definition) is 1. The van der Waals surface area contributed by atoms with Crippen molar-refractivity contribution in [2.75, 3.05) is 11.9 Å². The van der Waals surface area contributed by atoms with Crippen LogP contribution in [0.3, 0.4) is 0 Å². The molecule has 2 aromatic carbocycles. The van der Waals surface area contributed by atoms with Gasteiger partial charge in [0.1, 0.15) is 0 Å². The molecule has 2 heteroatoms. The van der Waals surface area contributed by atoms with Gasteiger partial charge in [-0.1, -0.05) is 48.0 Å². The van der Waals surface area contributed by atoms with Crippen molar-refractivity contribution in [1.29, 1.82) is 0 Å². The van der Waals surface area contributed by atoms with Gasteiger partial charge in [0.25, 0.3) is 0 Å². The molecule has 0 fully saturated rings. The molecule has 88 valence electrons. The number of aryl methyl sites for hydroxylation is 1. The van der Waals surface area contributed by atoms with E-state index >= 15 is 0 Å². The van der Waals surface area contributed by atoms with E-state index in [2.05, 4.69) is 23.5 Å². The van der Waals surface area contributed by atoms with Gasteiger partial charge < -0.3 is 5.32 Å². The van der Waals surface area contributed by atoms with Crippen molar-refractivity contribution in [3.63, 3.8) is 0 Å². The van der Waals surface area contributed by atoms with E-state index in [0.717, 1.165) is 24.4 Å². The molecule has 0 unspecified atom stereocenters. The van der Waals surface area contributed by atoms with Crippen molar-refractivity contribution < 1.29 is 0 Å². The minimum atomic E-state index is 0.868. The van der Waals surface area contributed by atoms with Gasteiger partial charge in [0.2, 0.25) is 0 Å². The molecule has 0 aromatic heterocycles. The number of hydrogen-bond donors (Lipinski definition) is 1. The molecule has 2 aromatic rings. The zero-order valence-corrected chi connectivity index (χ0v) is 10.5. The second-order valence-electron chi connectivity index (χ2n) is 3.99. The maximum absolute atomic E-state index is 6.10. The van der Waals surface area contributed by atoms with Crippen LogP contribution in [0, 0.1) is 0 Å². The van der Waals surface area contributed by atoms with Gasteiger partial charge in [-0.15, -0.1) is 0 Å². The Kier molecular flexibility index (Phi) is 4.45. The lowest BCUT2D eigenvalue weighted by Crippen LogP contribution is -2.02. The van der Waals surface area contributed by atoms with Gasteiger partial charge in [-0.2, -0.15) is 0 Å². The summed E-state index contributed by atoms with van der Waals surface area (Å²) in [5.74, 6) is 0. The average Bonchev–Trinajstić information content (AvgIpc) is 2.38. The maximum Gasteiger partial charge on any atom is 0.0437 e. The highest BCUT2D eigenvalue weighted by Gasteiger charge is 1.98. The molecule has 0 aliphatic rings. The van der Waals surface area contributed by atoms with E-state index in [9.17, 15) is 0 Å². The third kappa shape index (κ3) is 3.79. The van der Waals surface area contributed by atoms with Crippen molar-refractivity contribution in [2.24, 2.45) is 0 Å². The summed E-state index contributed by atoms with van der Waals surface area (Å²) in [6, 6.07) is 18.3. The van der Waals surface area contributed by atoms with Crippen molar-refractivity contribution in [1.82, 2.24) is 0 Å². The van der Waals surface area contributed by atoms with E-state index < -0.39 is 0 Å². The highest BCUT2D eigenvalue weighted by atomic mass is 35.5. The molecule has 0 amide bonds. The molecule has 0 aliphatic heterocycles. The largest absolute Gasteiger partial charge is 0.385 e. The summed E-state index contributed by atoms with van der Waals surface area (Å²) in [7, 11) is 0. The third-order valence-electron chi connectivity index (χ3n) is 2.68. The summed E-state index contributed by atoms with van der Waals surface area (Å²) in [4.78, 5) is 0. The Balaban J connectivity index is 1.76. The van der Waals surface area contributed by atoms with Gasteiger partial charge in [-0.05, 0) is 36.6 Å². The number of benzene rings is 2. The Bertz CT molecular complexity index is 453. The van der Waals surface area contributed by atoms with Gasteiger partial charge >= 0.3 is 0 Å². The van der Waals surface area contributed by atoms with Crippen LogP contribution in [0.4, 0.5) is 5.69 Å². The van der Waals surface area contributed by atoms with Crippen LogP contribution in [-0.2, 0) is 6.42 Å². The number of rotatable bonds is 5. The van der Waals surface area contributed by atoms with E-state index in [-0.39, 0.29) is 0 Å². The average molecular weight is 246 g/mol. The van der Waals surface area contributed by atoms with Crippen molar-refractivity contribution in [3.8, 4) is 0 Å². The lowest BCUT2D eigenvalue weighted by molar-refractivity contribution is 0.863. The van der Waals surface area contributed by atoms with Gasteiger partial charge in [0.05, 0.1) is 0 Å². The molecular weight excluding hydrogens is 230 g/mol. The first-order chi connectivity index (χ1) is 8.36. The number of para-hydroxylation sites is 1. The number of nitrogens with one attached hydrogen (secondary N) is 1. The van der Waals surface area contributed by atoms with Crippen LogP contribution < -0.4 is 5.32 Å². The van der Waals surface area contributed by atoms with Crippen LogP contribution >= 0.6 is 11.6 Å². The topological polar surface area (TPSA) is 12.0 Å². The number of anilines is 1. The summed E-state index contributed by atoms with van der Waals surface area (Å²) < 4.78 is 0. The van der Waals surface area contributed by atoms with Crippen LogP contribution in [0.15, 0.2) is 54.6 Å². The fourth-order valence-electron chi connectivity index (χ4n) is 1.77. The zero-order valence-electron chi connectivity index (χ0n) is 9.70. The zero-order chi connectivity index (χ0) is 11.9. The molecule has 0 saturated carbocycles. The van der Waals surface area contributed by atoms with E-state index in [1.165, 1.54) is 11.3 Å². The first-order valence-electron chi connectivity index (χ1n) is 5.88. The van der Waals surface area contributed by atoms with Gasteiger partial charge in [-0.25, -0.2) is 0 Å². The van der Waals surface area contributed by atoms with Crippen LogP contribution in [0.25, 0.3) is 0 Å². The normalized spacial score (nSPS) is 10.2. The van der Waals surface area contributed by atoms with Crippen molar-refractivity contribution in [3.05, 3.63) is 65.2 Å². The fourth-order valence-corrected chi connectivity index (χ4v) is 2.00. The van der Waals surface area contributed by atoms with Crippen molar-refractivity contribution in [2.45, 2.75) is 12.8 Å². The third-order valence-corrected chi connectivity index (χ3v) is 3.05. The predicted molar refractivity (Wildman–Crippen MR) is 74.7 cm³/mol. The minimum Gasteiger partial charge on any atom is -0.385 e. The second-order valence-corrected chi connectivity index (χ2v) is 4.39. The Morgan fingerprint density at radius 2 is 1.59 bits per heavy atom. The SMILES string of the molecule is Clc1ccccc1CCCNc1ccccc1. The standard InChI is InChI=1S/C15H16ClN/c16-15-11-5-4-7-13(15)8-6-12-17-14-9-2-1-3-10-14/h1-5,7,9-11,17H,6,8,12H2. The van der Waals surface area contributed by atoms with E-state index in [1.54, 1.807) is 0 Å². The summed E-state index contributed by atoms with van der Waals surface area (Å²) in [6.07, 6.45) is 2.10. The van der Waals surface area contributed by atoms with Gasteiger partial charge in [-0.3, -0.25) is 0 Å². The first kappa shape index (κ1) is 12.0. The van der Waals surface area contributed by atoms with Crippen LogP contribution in [-0.4, -0.2) is 6.54 Å². The molecule has 0 heterocycles. The molecule has 1 N–H and O–H groups in total. The fraction of sp³-hybridized carbons (Fsp3) is 0.200. The second kappa shape index (κ2) is 6.31. The van der Waals surface area contributed by atoms with Crippen LogP contribution in [0.2, 0.25) is 5.02 Å². The molecule has 17 heavy (non-hydrogen) atoms. The lowest BCUT2D eigenvalue weighted by Gasteiger charge is -2.07. The Morgan fingerprint density at radius 1 is 0.882 bits per heavy atom. The molecule has 0 bridgehead atoms. The minimum absolute atomic E-state index is 0.868. The molecule has 1 nitrogen and oxygen atoms in total. The van der Waals surface area contributed by atoms with Crippen LogP contribution in [0.1, 0.15) is 12.0 Å². The smallest absolute Gasteiger partial charge is 0.0437 e. The quantitative estimate of drug-likeness (QED) is 0.771. The summed E-state index contributed by atoms with van der Waals surface area (Å²) in [5, 5.41) is 4.26.